The van der Waals surface area contributed by atoms with Crippen molar-refractivity contribution in [3.8, 4) is 0 Å². The van der Waals surface area contributed by atoms with Gasteiger partial charge in [0.15, 0.2) is 0 Å². The molecule has 0 aromatic carbocycles. The molecule has 0 bridgehead atoms. The van der Waals surface area contributed by atoms with Gasteiger partial charge in [-0.05, 0) is 39.0 Å². The van der Waals surface area contributed by atoms with E-state index < -0.39 is 6.10 Å². The molecule has 1 heterocycles. The van der Waals surface area contributed by atoms with Crippen LogP contribution >= 0.6 is 0 Å². The molecule has 2 aliphatic rings. The third kappa shape index (κ3) is 3.83. The summed E-state index contributed by atoms with van der Waals surface area (Å²) in [6.45, 7) is 5.56. The molecule has 1 aliphatic heterocycles. The van der Waals surface area contributed by atoms with Crippen LogP contribution < -0.4 is 5.32 Å². The van der Waals surface area contributed by atoms with Gasteiger partial charge in [0.05, 0.1) is 25.4 Å². The number of morpholine rings is 1. The third-order valence-corrected chi connectivity index (χ3v) is 4.31. The van der Waals surface area contributed by atoms with Crippen LogP contribution in [0.15, 0.2) is 0 Å². The van der Waals surface area contributed by atoms with Crippen LogP contribution in [0.4, 0.5) is 4.79 Å². The first-order chi connectivity index (χ1) is 9.08. The van der Waals surface area contributed by atoms with Gasteiger partial charge in [0, 0.05) is 12.6 Å². The van der Waals surface area contributed by atoms with Crippen molar-refractivity contribution in [3.05, 3.63) is 0 Å². The molecule has 5 nitrogen and oxygen atoms in total. The Morgan fingerprint density at radius 3 is 2.79 bits per heavy atom. The van der Waals surface area contributed by atoms with E-state index in [0.29, 0.717) is 32.1 Å². The quantitative estimate of drug-likeness (QED) is 0.811. The van der Waals surface area contributed by atoms with Crippen LogP contribution in [-0.2, 0) is 4.74 Å². The number of hydrogen-bond donors (Lipinski definition) is 2. The molecule has 5 heteroatoms. The molecule has 3 atom stereocenters. The SMILES string of the molecule is C[C@H](O)C[C@@H]1COCCN1C(=O)N[C@@H](C)C1CCC1. The van der Waals surface area contributed by atoms with Crippen molar-refractivity contribution in [1.29, 1.82) is 0 Å². The van der Waals surface area contributed by atoms with Gasteiger partial charge in [-0.3, -0.25) is 0 Å². The van der Waals surface area contributed by atoms with Gasteiger partial charge in [-0.15, -0.1) is 0 Å². The fourth-order valence-electron chi connectivity index (χ4n) is 2.85. The van der Waals surface area contributed by atoms with E-state index in [4.69, 9.17) is 4.74 Å². The average molecular weight is 270 g/mol. The lowest BCUT2D eigenvalue weighted by atomic mass is 9.80. The van der Waals surface area contributed by atoms with E-state index in [-0.39, 0.29) is 18.1 Å². The summed E-state index contributed by atoms with van der Waals surface area (Å²) in [5.41, 5.74) is 0. The molecule has 1 aliphatic carbocycles. The average Bonchev–Trinajstić information content (AvgIpc) is 2.26. The molecule has 0 unspecified atom stereocenters. The molecule has 2 amide bonds. The maximum Gasteiger partial charge on any atom is 0.318 e. The summed E-state index contributed by atoms with van der Waals surface area (Å²) >= 11 is 0. The van der Waals surface area contributed by atoms with Gasteiger partial charge >= 0.3 is 6.03 Å². The van der Waals surface area contributed by atoms with Crippen LogP contribution in [-0.4, -0.2) is 54.0 Å². The van der Waals surface area contributed by atoms with Crippen LogP contribution in [0.2, 0.25) is 0 Å². The number of rotatable bonds is 4. The van der Waals surface area contributed by atoms with E-state index in [1.165, 1.54) is 19.3 Å². The molecule has 110 valence electrons. The number of carbonyl (C=O) groups is 1. The number of aliphatic hydroxyl groups is 1. The molecule has 2 rings (SSSR count). The fraction of sp³-hybridized carbons (Fsp3) is 0.929. The zero-order valence-corrected chi connectivity index (χ0v) is 12.0. The van der Waals surface area contributed by atoms with E-state index in [1.54, 1.807) is 6.92 Å². The van der Waals surface area contributed by atoms with E-state index in [9.17, 15) is 9.90 Å². The highest BCUT2D eigenvalue weighted by atomic mass is 16.5. The van der Waals surface area contributed by atoms with E-state index >= 15 is 0 Å². The maximum absolute atomic E-state index is 12.3. The summed E-state index contributed by atoms with van der Waals surface area (Å²) in [6.07, 6.45) is 3.90. The number of urea groups is 1. The Morgan fingerprint density at radius 1 is 1.47 bits per heavy atom. The Labute approximate surface area is 115 Å². The van der Waals surface area contributed by atoms with Gasteiger partial charge in [0.2, 0.25) is 0 Å². The monoisotopic (exact) mass is 270 g/mol. The van der Waals surface area contributed by atoms with Gasteiger partial charge in [-0.25, -0.2) is 4.79 Å². The van der Waals surface area contributed by atoms with Crippen molar-refractivity contribution in [1.82, 2.24) is 10.2 Å². The van der Waals surface area contributed by atoms with Crippen LogP contribution in [0.1, 0.15) is 39.5 Å². The summed E-state index contributed by atoms with van der Waals surface area (Å²) in [6, 6.07) is 0.229. The minimum absolute atomic E-state index is 0.00616. The van der Waals surface area contributed by atoms with Gasteiger partial charge < -0.3 is 20.1 Å². The number of amides is 2. The Bertz CT molecular complexity index is 305. The fourth-order valence-corrected chi connectivity index (χ4v) is 2.85. The maximum atomic E-state index is 12.3. The van der Waals surface area contributed by atoms with E-state index in [0.717, 1.165) is 0 Å². The summed E-state index contributed by atoms with van der Waals surface area (Å²) in [7, 11) is 0. The van der Waals surface area contributed by atoms with Crippen LogP contribution in [0.5, 0.6) is 0 Å². The minimum atomic E-state index is -0.411. The second-order valence-electron chi connectivity index (χ2n) is 5.94. The first-order valence-electron chi connectivity index (χ1n) is 7.41. The van der Waals surface area contributed by atoms with Crippen LogP contribution in [0.25, 0.3) is 0 Å². The van der Waals surface area contributed by atoms with Crippen molar-refractivity contribution in [2.24, 2.45) is 5.92 Å². The van der Waals surface area contributed by atoms with Crippen LogP contribution in [0, 0.1) is 5.92 Å². The summed E-state index contributed by atoms with van der Waals surface area (Å²) in [5.74, 6) is 0.639. The molecule has 2 N–H and O–H groups in total. The second kappa shape index (κ2) is 6.57. The Morgan fingerprint density at radius 2 is 2.21 bits per heavy atom. The van der Waals surface area contributed by atoms with Gasteiger partial charge in [-0.1, -0.05) is 6.42 Å². The van der Waals surface area contributed by atoms with E-state index in [1.807, 2.05) is 4.90 Å². The highest BCUT2D eigenvalue weighted by Crippen LogP contribution is 2.29. The Kier molecular flexibility index (Phi) is 5.05. The molecule has 2 fully saturated rings. The van der Waals surface area contributed by atoms with Crippen molar-refractivity contribution in [3.63, 3.8) is 0 Å². The molecule has 0 aromatic rings. The lowest BCUT2D eigenvalue weighted by Crippen LogP contribution is -2.55. The zero-order chi connectivity index (χ0) is 13.8. The number of hydrogen-bond acceptors (Lipinski definition) is 3. The molecule has 1 saturated heterocycles. The van der Waals surface area contributed by atoms with Crippen molar-refractivity contribution < 1.29 is 14.6 Å². The first-order valence-corrected chi connectivity index (χ1v) is 7.41. The number of ether oxygens (including phenoxy) is 1. The normalized spacial score (nSPS) is 27.5. The van der Waals surface area contributed by atoms with Crippen molar-refractivity contribution >= 4 is 6.03 Å². The number of nitrogens with zero attached hydrogens (tertiary/aromatic N) is 1. The zero-order valence-electron chi connectivity index (χ0n) is 12.0. The minimum Gasteiger partial charge on any atom is -0.393 e. The van der Waals surface area contributed by atoms with E-state index in [2.05, 4.69) is 12.2 Å². The topological polar surface area (TPSA) is 61.8 Å². The Hall–Kier alpha value is -0.810. The number of nitrogens with one attached hydrogen (secondary N) is 1. The molecule has 0 aromatic heterocycles. The number of carbonyl (C=O) groups excluding carboxylic acids is 1. The first kappa shape index (κ1) is 14.6. The molecular formula is C14H26N2O3. The van der Waals surface area contributed by atoms with Gasteiger partial charge in [0.1, 0.15) is 0 Å². The predicted octanol–water partition coefficient (Wildman–Crippen LogP) is 1.36. The standard InChI is InChI=1S/C14H26N2O3/c1-10(17)8-13-9-19-7-6-16(13)14(18)15-11(2)12-4-3-5-12/h10-13,17H,3-9H2,1-2H3,(H,15,18)/t10-,11-,13+/m0/s1. The molecular weight excluding hydrogens is 244 g/mol. The second-order valence-corrected chi connectivity index (χ2v) is 5.94. The summed E-state index contributed by atoms with van der Waals surface area (Å²) in [5, 5.41) is 12.6. The van der Waals surface area contributed by atoms with Gasteiger partial charge in [0.25, 0.3) is 0 Å². The van der Waals surface area contributed by atoms with Crippen molar-refractivity contribution in [2.45, 2.75) is 57.7 Å². The molecule has 0 radical (unpaired) electrons. The lowest BCUT2D eigenvalue weighted by Gasteiger charge is -2.39. The third-order valence-electron chi connectivity index (χ3n) is 4.31. The molecule has 1 saturated carbocycles. The highest BCUT2D eigenvalue weighted by molar-refractivity contribution is 5.75. The van der Waals surface area contributed by atoms with Crippen molar-refractivity contribution in [2.75, 3.05) is 19.8 Å². The summed E-state index contributed by atoms with van der Waals surface area (Å²) < 4.78 is 5.42. The highest BCUT2D eigenvalue weighted by Gasteiger charge is 2.31. The lowest BCUT2D eigenvalue weighted by molar-refractivity contribution is -0.00534. The van der Waals surface area contributed by atoms with Gasteiger partial charge in [-0.2, -0.15) is 0 Å². The molecule has 19 heavy (non-hydrogen) atoms. The Balaban J connectivity index is 1.87. The largest absolute Gasteiger partial charge is 0.393 e. The smallest absolute Gasteiger partial charge is 0.318 e. The van der Waals surface area contributed by atoms with Crippen LogP contribution in [0.3, 0.4) is 0 Å². The molecule has 0 spiro atoms. The predicted molar refractivity (Wildman–Crippen MR) is 72.9 cm³/mol. The summed E-state index contributed by atoms with van der Waals surface area (Å²) in [4.78, 5) is 14.1. The number of aliphatic hydroxyl groups excluding tert-OH is 1.